The number of carbonyl (C=O) groups is 2. The average molecular weight is 554 g/mol. The summed E-state index contributed by atoms with van der Waals surface area (Å²) in [4.78, 5) is 24.6. The van der Waals surface area contributed by atoms with E-state index >= 15 is 0 Å². The molecule has 1 N–H and O–H groups in total. The Kier molecular flexibility index (Phi) is 8.80. The van der Waals surface area contributed by atoms with Gasteiger partial charge in [-0.2, -0.15) is 5.10 Å². The average Bonchev–Trinajstić information content (AvgIpc) is 2.90. The molecule has 9 heteroatoms. The number of nitrogens with zero attached hydrogens (tertiary/aromatic N) is 1. The first-order valence-corrected chi connectivity index (χ1v) is 12.1. The highest BCUT2D eigenvalue weighted by molar-refractivity contribution is 6.35. The molecule has 37 heavy (non-hydrogen) atoms. The zero-order chi connectivity index (χ0) is 26.2. The highest BCUT2D eigenvalue weighted by Crippen LogP contribution is 2.23. The van der Waals surface area contributed by atoms with E-state index in [0.29, 0.717) is 43.3 Å². The quantitative estimate of drug-likeness (QED) is 0.108. The van der Waals surface area contributed by atoms with Gasteiger partial charge in [-0.25, -0.2) is 10.2 Å². The van der Waals surface area contributed by atoms with E-state index in [-0.39, 0.29) is 12.5 Å². The Labute approximate surface area is 228 Å². The van der Waals surface area contributed by atoms with Crippen LogP contribution >= 0.6 is 34.8 Å². The van der Waals surface area contributed by atoms with Crippen molar-refractivity contribution < 1.29 is 19.1 Å². The Morgan fingerprint density at radius 3 is 2.05 bits per heavy atom. The van der Waals surface area contributed by atoms with Crippen molar-refractivity contribution in [1.29, 1.82) is 0 Å². The first kappa shape index (κ1) is 26.2. The van der Waals surface area contributed by atoms with E-state index < -0.39 is 5.97 Å². The second-order valence-corrected chi connectivity index (χ2v) is 8.99. The molecule has 0 aromatic heterocycles. The molecular formula is C28H19Cl3N2O4. The SMILES string of the molecule is O=C(N/N=C/c1ccc(OC(=O)c2ccc(Cl)cc2)cc1)c1ccc(OCc2ccc(Cl)cc2Cl)cc1. The van der Waals surface area contributed by atoms with Crippen LogP contribution in [0, 0.1) is 0 Å². The molecule has 4 rings (SSSR count). The zero-order valence-corrected chi connectivity index (χ0v) is 21.4. The van der Waals surface area contributed by atoms with Crippen molar-refractivity contribution >= 4 is 52.9 Å². The van der Waals surface area contributed by atoms with Crippen molar-refractivity contribution in [2.75, 3.05) is 0 Å². The van der Waals surface area contributed by atoms with E-state index in [9.17, 15) is 9.59 Å². The maximum atomic E-state index is 12.4. The number of nitrogens with one attached hydrogen (secondary N) is 1. The number of hydrogen-bond donors (Lipinski definition) is 1. The zero-order valence-electron chi connectivity index (χ0n) is 19.2. The topological polar surface area (TPSA) is 77.0 Å². The maximum absolute atomic E-state index is 12.4. The normalized spacial score (nSPS) is 10.8. The maximum Gasteiger partial charge on any atom is 0.343 e. The summed E-state index contributed by atoms with van der Waals surface area (Å²) in [6, 6.07) is 24.9. The van der Waals surface area contributed by atoms with Crippen LogP contribution in [0.5, 0.6) is 11.5 Å². The van der Waals surface area contributed by atoms with Gasteiger partial charge in [-0.3, -0.25) is 4.79 Å². The number of amides is 1. The van der Waals surface area contributed by atoms with Gasteiger partial charge in [0.25, 0.3) is 5.91 Å². The summed E-state index contributed by atoms with van der Waals surface area (Å²) >= 11 is 17.9. The lowest BCUT2D eigenvalue weighted by molar-refractivity contribution is 0.0734. The van der Waals surface area contributed by atoms with Crippen LogP contribution < -0.4 is 14.9 Å². The van der Waals surface area contributed by atoms with Gasteiger partial charge in [0.1, 0.15) is 18.1 Å². The molecule has 0 saturated heterocycles. The van der Waals surface area contributed by atoms with Gasteiger partial charge in [0.2, 0.25) is 0 Å². The number of esters is 1. The molecule has 0 saturated carbocycles. The highest BCUT2D eigenvalue weighted by Gasteiger charge is 2.09. The lowest BCUT2D eigenvalue weighted by atomic mass is 10.2. The van der Waals surface area contributed by atoms with Crippen molar-refractivity contribution in [3.8, 4) is 11.5 Å². The molecule has 0 atom stereocenters. The number of halogens is 3. The molecule has 186 valence electrons. The fourth-order valence-electron chi connectivity index (χ4n) is 3.11. The summed E-state index contributed by atoms with van der Waals surface area (Å²) in [5.41, 5.74) is 4.79. The second-order valence-electron chi connectivity index (χ2n) is 7.71. The lowest BCUT2D eigenvalue weighted by Gasteiger charge is -2.08. The summed E-state index contributed by atoms with van der Waals surface area (Å²) in [6.07, 6.45) is 1.48. The molecule has 0 radical (unpaired) electrons. The fourth-order valence-corrected chi connectivity index (χ4v) is 3.70. The lowest BCUT2D eigenvalue weighted by Crippen LogP contribution is -2.17. The minimum absolute atomic E-state index is 0.269. The first-order chi connectivity index (χ1) is 17.9. The molecule has 0 fully saturated rings. The third-order valence-electron chi connectivity index (χ3n) is 5.08. The van der Waals surface area contributed by atoms with Gasteiger partial charge in [-0.05, 0) is 90.5 Å². The van der Waals surface area contributed by atoms with E-state index in [1.807, 2.05) is 0 Å². The molecule has 1 amide bonds. The minimum Gasteiger partial charge on any atom is -0.489 e. The second kappa shape index (κ2) is 12.4. The largest absolute Gasteiger partial charge is 0.489 e. The van der Waals surface area contributed by atoms with Crippen LogP contribution in [-0.4, -0.2) is 18.1 Å². The van der Waals surface area contributed by atoms with Gasteiger partial charge in [-0.1, -0.05) is 40.9 Å². The fraction of sp³-hybridized carbons (Fsp3) is 0.0357. The molecule has 0 bridgehead atoms. The Balaban J connectivity index is 1.26. The monoisotopic (exact) mass is 552 g/mol. The summed E-state index contributed by atoms with van der Waals surface area (Å²) in [5, 5.41) is 5.59. The summed E-state index contributed by atoms with van der Waals surface area (Å²) in [7, 11) is 0. The van der Waals surface area contributed by atoms with Crippen LogP contribution in [0.2, 0.25) is 15.1 Å². The Morgan fingerprint density at radius 1 is 0.757 bits per heavy atom. The van der Waals surface area contributed by atoms with E-state index in [1.54, 1.807) is 91.0 Å². The predicted molar refractivity (Wildman–Crippen MR) is 145 cm³/mol. The molecule has 0 unspecified atom stereocenters. The molecule has 0 spiro atoms. The third-order valence-corrected chi connectivity index (χ3v) is 5.92. The van der Waals surface area contributed by atoms with Crippen LogP contribution in [0.15, 0.2) is 96.1 Å². The van der Waals surface area contributed by atoms with E-state index in [2.05, 4.69) is 10.5 Å². The van der Waals surface area contributed by atoms with Crippen LogP contribution in [0.4, 0.5) is 0 Å². The van der Waals surface area contributed by atoms with Crippen molar-refractivity contribution in [3.63, 3.8) is 0 Å². The Bertz CT molecular complexity index is 1420. The van der Waals surface area contributed by atoms with Crippen LogP contribution in [-0.2, 0) is 6.61 Å². The van der Waals surface area contributed by atoms with Crippen LogP contribution in [0.25, 0.3) is 0 Å². The molecule has 4 aromatic carbocycles. The molecule has 6 nitrogen and oxygen atoms in total. The van der Waals surface area contributed by atoms with Gasteiger partial charge < -0.3 is 9.47 Å². The van der Waals surface area contributed by atoms with Gasteiger partial charge in [0.05, 0.1) is 11.8 Å². The number of benzene rings is 4. The standard InChI is InChI=1S/C28H19Cl3N2O4/c29-22-8-3-20(4-9-22)28(35)37-25-11-1-18(2-12-25)16-32-33-27(34)19-6-13-24(14-7-19)36-17-21-5-10-23(30)15-26(21)31/h1-16H,17H2,(H,33,34)/b32-16+. The third kappa shape index (κ3) is 7.57. The van der Waals surface area contributed by atoms with E-state index in [0.717, 1.165) is 5.56 Å². The molecule has 4 aromatic rings. The number of hydrogen-bond acceptors (Lipinski definition) is 5. The summed E-state index contributed by atoms with van der Waals surface area (Å²) in [5.74, 6) is 0.0947. The Hall–Kier alpha value is -3.84. The number of rotatable bonds is 8. The summed E-state index contributed by atoms with van der Waals surface area (Å²) < 4.78 is 11.1. The number of hydrazone groups is 1. The highest BCUT2D eigenvalue weighted by atomic mass is 35.5. The molecule has 0 aliphatic heterocycles. The van der Waals surface area contributed by atoms with Crippen LogP contribution in [0.3, 0.4) is 0 Å². The molecule has 0 aliphatic carbocycles. The van der Waals surface area contributed by atoms with Gasteiger partial charge in [0, 0.05) is 26.2 Å². The van der Waals surface area contributed by atoms with Crippen molar-refractivity contribution in [2.45, 2.75) is 6.61 Å². The van der Waals surface area contributed by atoms with Crippen LogP contribution in [0.1, 0.15) is 31.8 Å². The predicted octanol–water partition coefficient (Wildman–Crippen LogP) is 7.21. The number of carbonyl (C=O) groups excluding carboxylic acids is 2. The Morgan fingerprint density at radius 2 is 1.38 bits per heavy atom. The molecule has 0 aliphatic rings. The smallest absolute Gasteiger partial charge is 0.343 e. The summed E-state index contributed by atoms with van der Waals surface area (Å²) in [6.45, 7) is 0.269. The minimum atomic E-state index is -0.490. The van der Waals surface area contributed by atoms with E-state index in [4.69, 9.17) is 44.3 Å². The molecular weight excluding hydrogens is 535 g/mol. The molecule has 0 heterocycles. The van der Waals surface area contributed by atoms with Crippen molar-refractivity contribution in [2.24, 2.45) is 5.10 Å². The van der Waals surface area contributed by atoms with Gasteiger partial charge in [0.15, 0.2) is 0 Å². The number of ether oxygens (including phenoxy) is 2. The van der Waals surface area contributed by atoms with Gasteiger partial charge in [-0.15, -0.1) is 0 Å². The van der Waals surface area contributed by atoms with Crippen molar-refractivity contribution in [1.82, 2.24) is 5.43 Å². The van der Waals surface area contributed by atoms with E-state index in [1.165, 1.54) is 6.21 Å². The first-order valence-electron chi connectivity index (χ1n) is 11.0. The van der Waals surface area contributed by atoms with Crippen molar-refractivity contribution in [3.05, 3.63) is 128 Å². The van der Waals surface area contributed by atoms with Gasteiger partial charge >= 0.3 is 5.97 Å².